The fourth-order valence-corrected chi connectivity index (χ4v) is 1.71. The Morgan fingerprint density at radius 3 is 2.89 bits per heavy atom. The maximum Gasteiger partial charge on any atom is 0.243 e. The first-order valence-electron chi connectivity index (χ1n) is 5.67. The molecule has 1 heterocycles. The largest absolute Gasteiger partial charge is 0.508 e. The number of benzene rings is 1. The van der Waals surface area contributed by atoms with Crippen molar-refractivity contribution < 1.29 is 14.7 Å². The molecule has 0 radical (unpaired) electrons. The number of carbonyl (C=O) groups excluding carboxylic acids is 2. The second kappa shape index (κ2) is 5.05. The molecule has 0 saturated carbocycles. The first-order valence-corrected chi connectivity index (χ1v) is 5.67. The number of phenolic OH excluding ortho intramolecular Hbond substituents is 1. The third kappa shape index (κ3) is 2.78. The molecular weight excluding hydrogens is 234 g/mol. The minimum atomic E-state index is -0.434. The Kier molecular flexibility index (Phi) is 3.47. The highest BCUT2D eigenvalue weighted by atomic mass is 16.3. The van der Waals surface area contributed by atoms with Gasteiger partial charge in [-0.25, -0.2) is 0 Å². The van der Waals surface area contributed by atoms with Gasteiger partial charge in [-0.3, -0.25) is 14.9 Å². The van der Waals surface area contributed by atoms with Gasteiger partial charge >= 0.3 is 0 Å². The molecular formula is C12H15N3O3. The molecule has 0 bridgehead atoms. The van der Waals surface area contributed by atoms with E-state index in [1.165, 1.54) is 6.07 Å². The maximum absolute atomic E-state index is 11.9. The zero-order chi connectivity index (χ0) is 13.1. The lowest BCUT2D eigenvalue weighted by Crippen LogP contribution is -2.56. The van der Waals surface area contributed by atoms with Crippen LogP contribution in [0.25, 0.3) is 0 Å². The van der Waals surface area contributed by atoms with Gasteiger partial charge in [0.25, 0.3) is 0 Å². The summed E-state index contributed by atoms with van der Waals surface area (Å²) in [4.78, 5) is 22.8. The van der Waals surface area contributed by atoms with Crippen LogP contribution in [-0.2, 0) is 9.59 Å². The highest BCUT2D eigenvalue weighted by Crippen LogP contribution is 2.20. The van der Waals surface area contributed by atoms with Crippen LogP contribution in [0.2, 0.25) is 0 Å². The molecule has 1 aromatic carbocycles. The average Bonchev–Trinajstić information content (AvgIpc) is 2.34. The van der Waals surface area contributed by atoms with Gasteiger partial charge in [0.15, 0.2) is 0 Å². The molecule has 0 aliphatic carbocycles. The van der Waals surface area contributed by atoms with E-state index in [2.05, 4.69) is 16.0 Å². The number of anilines is 1. The SMILES string of the molecule is Cc1cc(NC(=O)C2CNC(=O)CN2)ccc1O. The molecule has 1 fully saturated rings. The summed E-state index contributed by atoms with van der Waals surface area (Å²) in [6, 6.07) is 4.41. The van der Waals surface area contributed by atoms with Crippen molar-refractivity contribution in [3.63, 3.8) is 0 Å². The summed E-state index contributed by atoms with van der Waals surface area (Å²) in [5.74, 6) is -0.129. The van der Waals surface area contributed by atoms with Crippen LogP contribution in [-0.4, -0.2) is 36.1 Å². The molecule has 0 spiro atoms. The number of piperazine rings is 1. The normalized spacial score (nSPS) is 19.2. The lowest BCUT2D eigenvalue weighted by molar-refractivity contribution is -0.124. The van der Waals surface area contributed by atoms with Gasteiger partial charge in [0, 0.05) is 12.2 Å². The number of phenols is 1. The molecule has 0 aromatic heterocycles. The fraction of sp³-hybridized carbons (Fsp3) is 0.333. The number of aryl methyl sites for hydroxylation is 1. The minimum Gasteiger partial charge on any atom is -0.508 e. The van der Waals surface area contributed by atoms with Crippen LogP contribution in [0, 0.1) is 6.92 Å². The Morgan fingerprint density at radius 1 is 1.50 bits per heavy atom. The third-order valence-electron chi connectivity index (χ3n) is 2.79. The van der Waals surface area contributed by atoms with Crippen molar-refractivity contribution in [2.24, 2.45) is 0 Å². The summed E-state index contributed by atoms with van der Waals surface area (Å²) in [6.07, 6.45) is 0. The number of hydrogen-bond acceptors (Lipinski definition) is 4. The van der Waals surface area contributed by atoms with Crippen LogP contribution < -0.4 is 16.0 Å². The molecule has 2 rings (SSSR count). The van der Waals surface area contributed by atoms with E-state index in [4.69, 9.17) is 0 Å². The molecule has 4 N–H and O–H groups in total. The van der Waals surface area contributed by atoms with E-state index in [1.807, 2.05) is 0 Å². The average molecular weight is 249 g/mol. The van der Waals surface area contributed by atoms with E-state index < -0.39 is 6.04 Å². The van der Waals surface area contributed by atoms with E-state index in [-0.39, 0.29) is 30.7 Å². The van der Waals surface area contributed by atoms with Gasteiger partial charge in [0.2, 0.25) is 11.8 Å². The van der Waals surface area contributed by atoms with Gasteiger partial charge in [-0.05, 0) is 30.7 Å². The number of carbonyl (C=O) groups is 2. The molecule has 1 saturated heterocycles. The summed E-state index contributed by atoms with van der Waals surface area (Å²) in [5.41, 5.74) is 1.31. The van der Waals surface area contributed by atoms with Gasteiger partial charge in [0.05, 0.1) is 6.54 Å². The summed E-state index contributed by atoms with van der Waals surface area (Å²) in [6.45, 7) is 2.18. The molecule has 2 amide bonds. The lowest BCUT2D eigenvalue weighted by atomic mass is 10.1. The van der Waals surface area contributed by atoms with Crippen molar-refractivity contribution in [1.82, 2.24) is 10.6 Å². The molecule has 6 heteroatoms. The Morgan fingerprint density at radius 2 is 2.28 bits per heavy atom. The third-order valence-corrected chi connectivity index (χ3v) is 2.79. The quantitative estimate of drug-likeness (QED) is 0.543. The molecule has 1 aliphatic heterocycles. The lowest BCUT2D eigenvalue weighted by Gasteiger charge is -2.23. The van der Waals surface area contributed by atoms with Gasteiger partial charge < -0.3 is 15.7 Å². The predicted molar refractivity (Wildman–Crippen MR) is 66.3 cm³/mol. The van der Waals surface area contributed by atoms with E-state index in [0.717, 1.165) is 0 Å². The van der Waals surface area contributed by atoms with Crippen molar-refractivity contribution in [3.05, 3.63) is 23.8 Å². The van der Waals surface area contributed by atoms with E-state index in [9.17, 15) is 14.7 Å². The Bertz CT molecular complexity index is 477. The highest BCUT2D eigenvalue weighted by molar-refractivity contribution is 5.96. The number of aromatic hydroxyl groups is 1. The van der Waals surface area contributed by atoms with Crippen LogP contribution in [0.1, 0.15) is 5.56 Å². The zero-order valence-corrected chi connectivity index (χ0v) is 9.99. The van der Waals surface area contributed by atoms with Gasteiger partial charge in [-0.1, -0.05) is 0 Å². The number of hydrogen-bond donors (Lipinski definition) is 4. The summed E-state index contributed by atoms with van der Waals surface area (Å²) in [7, 11) is 0. The van der Waals surface area contributed by atoms with E-state index in [1.54, 1.807) is 19.1 Å². The monoisotopic (exact) mass is 249 g/mol. The van der Waals surface area contributed by atoms with Crippen LogP contribution >= 0.6 is 0 Å². The summed E-state index contributed by atoms with van der Waals surface area (Å²) in [5, 5.41) is 17.6. The molecule has 18 heavy (non-hydrogen) atoms. The molecule has 1 aliphatic rings. The van der Waals surface area contributed by atoms with Crippen LogP contribution in [0.15, 0.2) is 18.2 Å². The Balaban J connectivity index is 1.98. The number of nitrogens with one attached hydrogen (secondary N) is 3. The van der Waals surface area contributed by atoms with E-state index in [0.29, 0.717) is 11.3 Å². The van der Waals surface area contributed by atoms with E-state index >= 15 is 0 Å². The van der Waals surface area contributed by atoms with Crippen molar-refractivity contribution in [3.8, 4) is 5.75 Å². The minimum absolute atomic E-state index is 0.112. The predicted octanol–water partition coefficient (Wildman–Crippen LogP) is -0.273. The second-order valence-corrected chi connectivity index (χ2v) is 4.23. The van der Waals surface area contributed by atoms with Crippen molar-refractivity contribution in [2.45, 2.75) is 13.0 Å². The Labute approximate surface area is 104 Å². The smallest absolute Gasteiger partial charge is 0.243 e. The second-order valence-electron chi connectivity index (χ2n) is 4.23. The topological polar surface area (TPSA) is 90.5 Å². The van der Waals surface area contributed by atoms with Gasteiger partial charge in [-0.15, -0.1) is 0 Å². The van der Waals surface area contributed by atoms with Crippen molar-refractivity contribution in [1.29, 1.82) is 0 Å². The standard InChI is InChI=1S/C12H15N3O3/c1-7-4-8(2-3-10(7)16)15-12(18)9-5-14-11(17)6-13-9/h2-4,9,13,16H,5-6H2,1H3,(H,14,17)(H,15,18). The molecule has 6 nitrogen and oxygen atoms in total. The van der Waals surface area contributed by atoms with Gasteiger partial charge in [-0.2, -0.15) is 0 Å². The molecule has 1 aromatic rings. The molecule has 1 unspecified atom stereocenters. The number of rotatable bonds is 2. The summed E-state index contributed by atoms with van der Waals surface area (Å²) < 4.78 is 0. The molecule has 96 valence electrons. The highest BCUT2D eigenvalue weighted by Gasteiger charge is 2.23. The summed E-state index contributed by atoms with van der Waals surface area (Å²) >= 11 is 0. The maximum atomic E-state index is 11.9. The fourth-order valence-electron chi connectivity index (χ4n) is 1.71. The number of amides is 2. The first kappa shape index (κ1) is 12.4. The van der Waals surface area contributed by atoms with Crippen LogP contribution in [0.3, 0.4) is 0 Å². The van der Waals surface area contributed by atoms with Crippen molar-refractivity contribution >= 4 is 17.5 Å². The zero-order valence-electron chi connectivity index (χ0n) is 9.99. The van der Waals surface area contributed by atoms with Crippen LogP contribution in [0.4, 0.5) is 5.69 Å². The molecule has 1 atom stereocenters. The first-order chi connectivity index (χ1) is 8.56. The Hall–Kier alpha value is -2.08. The van der Waals surface area contributed by atoms with Gasteiger partial charge in [0.1, 0.15) is 11.8 Å². The van der Waals surface area contributed by atoms with Crippen LogP contribution in [0.5, 0.6) is 5.75 Å². The van der Waals surface area contributed by atoms with Crippen molar-refractivity contribution in [2.75, 3.05) is 18.4 Å².